The average molecular weight is 515 g/mol. The molecular weight excluding hydrogens is 497 g/mol. The zero-order chi connectivity index (χ0) is 21.4. The summed E-state index contributed by atoms with van der Waals surface area (Å²) in [4.78, 5) is 62.7. The lowest BCUT2D eigenvalue weighted by molar-refractivity contribution is -0.132. The van der Waals surface area contributed by atoms with Crippen molar-refractivity contribution in [1.29, 1.82) is 0 Å². The van der Waals surface area contributed by atoms with Crippen LogP contribution in [0.25, 0.3) is 0 Å². The van der Waals surface area contributed by atoms with Crippen molar-refractivity contribution in [2.45, 2.75) is 38.1 Å². The summed E-state index contributed by atoms with van der Waals surface area (Å²) in [6, 6.07) is 11.4. The van der Waals surface area contributed by atoms with Crippen molar-refractivity contribution in [3.63, 3.8) is 0 Å². The van der Waals surface area contributed by atoms with Crippen molar-refractivity contribution in [2.75, 3.05) is 0 Å². The summed E-state index contributed by atoms with van der Waals surface area (Å²) in [7, 11) is 0. The van der Waals surface area contributed by atoms with E-state index in [9.17, 15) is 24.0 Å². The normalized spacial score (nSPS) is 18.7. The molecule has 0 saturated heterocycles. The van der Waals surface area contributed by atoms with Gasteiger partial charge in [-0.2, -0.15) is 0 Å². The summed E-state index contributed by atoms with van der Waals surface area (Å²) >= 11 is 2.18. The van der Waals surface area contributed by atoms with Crippen LogP contribution < -0.4 is 0 Å². The summed E-state index contributed by atoms with van der Waals surface area (Å²) in [5.41, 5.74) is 1.93. The van der Waals surface area contributed by atoms with Crippen LogP contribution in [-0.2, 0) is 16.0 Å². The molecule has 0 spiro atoms. The molecule has 2 aromatic carbocycles. The SMILES string of the molecule is O=C1CCC(N2C(=O)c3ccc(CCC(=O)c4ccc(I)cc4)cc3C2=O)C(=O)C1. The van der Waals surface area contributed by atoms with Gasteiger partial charge in [-0.3, -0.25) is 28.9 Å². The van der Waals surface area contributed by atoms with Gasteiger partial charge in [0.1, 0.15) is 5.78 Å². The van der Waals surface area contributed by atoms with E-state index < -0.39 is 17.9 Å². The highest BCUT2D eigenvalue weighted by Gasteiger charge is 2.44. The van der Waals surface area contributed by atoms with E-state index in [1.165, 1.54) is 0 Å². The first kappa shape index (κ1) is 20.6. The maximum absolute atomic E-state index is 12.9. The van der Waals surface area contributed by atoms with Crippen molar-refractivity contribution in [2.24, 2.45) is 0 Å². The third-order valence-corrected chi connectivity index (χ3v) is 6.26. The summed E-state index contributed by atoms with van der Waals surface area (Å²) in [5.74, 6) is -1.54. The Morgan fingerprint density at radius 1 is 0.967 bits per heavy atom. The van der Waals surface area contributed by atoms with Crippen LogP contribution in [0.3, 0.4) is 0 Å². The van der Waals surface area contributed by atoms with Crippen molar-refractivity contribution in [3.05, 3.63) is 68.3 Å². The van der Waals surface area contributed by atoms with Crippen LogP contribution in [0.2, 0.25) is 0 Å². The Hall–Kier alpha value is -2.68. The second kappa shape index (κ2) is 8.22. The van der Waals surface area contributed by atoms with Gasteiger partial charge in [0, 0.05) is 22.0 Å². The first-order chi connectivity index (χ1) is 14.3. The average Bonchev–Trinajstić information content (AvgIpc) is 2.97. The minimum absolute atomic E-state index is 0.00778. The van der Waals surface area contributed by atoms with Crippen LogP contribution in [0.15, 0.2) is 42.5 Å². The zero-order valence-electron chi connectivity index (χ0n) is 16.0. The molecule has 4 rings (SSSR count). The Kier molecular flexibility index (Phi) is 5.64. The van der Waals surface area contributed by atoms with E-state index in [-0.39, 0.29) is 54.2 Å². The first-order valence-electron chi connectivity index (χ1n) is 9.69. The second-order valence-electron chi connectivity index (χ2n) is 7.53. The Labute approximate surface area is 186 Å². The molecule has 7 heteroatoms. The number of hydrogen-bond acceptors (Lipinski definition) is 5. The quantitative estimate of drug-likeness (QED) is 0.264. The van der Waals surface area contributed by atoms with Crippen molar-refractivity contribution in [1.82, 2.24) is 4.90 Å². The summed E-state index contributed by atoms with van der Waals surface area (Å²) < 4.78 is 1.05. The molecule has 0 aromatic heterocycles. The number of aryl methyl sites for hydroxylation is 1. The minimum atomic E-state index is -0.874. The van der Waals surface area contributed by atoms with Crippen molar-refractivity contribution < 1.29 is 24.0 Å². The van der Waals surface area contributed by atoms with E-state index in [0.717, 1.165) is 14.0 Å². The molecule has 1 saturated carbocycles. The number of ketones is 3. The largest absolute Gasteiger partial charge is 0.299 e. The lowest BCUT2D eigenvalue weighted by Gasteiger charge is -2.27. The van der Waals surface area contributed by atoms with Crippen molar-refractivity contribution in [3.8, 4) is 0 Å². The van der Waals surface area contributed by atoms with Gasteiger partial charge < -0.3 is 0 Å². The highest BCUT2D eigenvalue weighted by Crippen LogP contribution is 2.30. The fourth-order valence-corrected chi connectivity index (χ4v) is 4.28. The van der Waals surface area contributed by atoms with E-state index in [1.807, 2.05) is 12.1 Å². The molecule has 1 aliphatic carbocycles. The third kappa shape index (κ3) is 3.86. The van der Waals surface area contributed by atoms with E-state index in [0.29, 0.717) is 12.0 Å². The van der Waals surface area contributed by atoms with Crippen LogP contribution in [0, 0.1) is 3.57 Å². The molecule has 1 atom stereocenters. The van der Waals surface area contributed by atoms with Crippen LogP contribution >= 0.6 is 22.6 Å². The van der Waals surface area contributed by atoms with Crippen molar-refractivity contribution >= 4 is 51.8 Å². The van der Waals surface area contributed by atoms with Gasteiger partial charge in [-0.25, -0.2) is 0 Å². The second-order valence-corrected chi connectivity index (χ2v) is 8.77. The maximum Gasteiger partial charge on any atom is 0.262 e. The number of amides is 2. The van der Waals surface area contributed by atoms with Gasteiger partial charge in [0.2, 0.25) is 0 Å². The van der Waals surface area contributed by atoms with Crippen LogP contribution in [0.1, 0.15) is 62.3 Å². The smallest absolute Gasteiger partial charge is 0.262 e. The summed E-state index contributed by atoms with van der Waals surface area (Å²) in [6.45, 7) is 0. The number of benzene rings is 2. The molecule has 6 nitrogen and oxygen atoms in total. The van der Waals surface area contributed by atoms with Crippen LogP contribution in [0.5, 0.6) is 0 Å². The van der Waals surface area contributed by atoms with Crippen LogP contribution in [-0.4, -0.2) is 40.1 Å². The van der Waals surface area contributed by atoms with E-state index in [1.54, 1.807) is 30.3 Å². The minimum Gasteiger partial charge on any atom is -0.299 e. The number of rotatable bonds is 5. The number of hydrogen-bond donors (Lipinski definition) is 0. The zero-order valence-corrected chi connectivity index (χ0v) is 18.2. The summed E-state index contributed by atoms with van der Waals surface area (Å²) in [6.07, 6.45) is 0.866. The van der Waals surface area contributed by atoms with Gasteiger partial charge in [-0.05, 0) is 65.3 Å². The van der Waals surface area contributed by atoms with Gasteiger partial charge in [0.05, 0.1) is 23.6 Å². The number of nitrogens with zero attached hydrogens (tertiary/aromatic N) is 1. The third-order valence-electron chi connectivity index (χ3n) is 5.54. The van der Waals surface area contributed by atoms with E-state index in [2.05, 4.69) is 22.6 Å². The molecule has 30 heavy (non-hydrogen) atoms. The Morgan fingerprint density at radius 3 is 2.37 bits per heavy atom. The molecule has 152 valence electrons. The van der Waals surface area contributed by atoms with E-state index >= 15 is 0 Å². The molecule has 0 bridgehead atoms. The fourth-order valence-electron chi connectivity index (χ4n) is 3.92. The highest BCUT2D eigenvalue weighted by molar-refractivity contribution is 14.1. The number of Topliss-reactive ketones (excluding diaryl/α,β-unsaturated/α-hetero) is 3. The molecule has 1 fully saturated rings. The first-order valence-corrected chi connectivity index (χ1v) is 10.8. The molecule has 0 N–H and O–H groups in total. The van der Waals surface area contributed by atoms with Gasteiger partial charge in [-0.1, -0.05) is 18.2 Å². The fraction of sp³-hybridized carbons (Fsp3) is 0.261. The molecule has 2 aliphatic rings. The van der Waals surface area contributed by atoms with Crippen LogP contribution in [0.4, 0.5) is 0 Å². The topological polar surface area (TPSA) is 88.6 Å². The molecule has 1 aliphatic heterocycles. The number of carbonyl (C=O) groups is 5. The molecule has 1 unspecified atom stereocenters. The number of fused-ring (bicyclic) bond motifs is 1. The number of halogens is 1. The molecule has 0 radical (unpaired) electrons. The van der Waals surface area contributed by atoms with Gasteiger partial charge >= 0.3 is 0 Å². The summed E-state index contributed by atoms with van der Waals surface area (Å²) in [5, 5.41) is 0. The standard InChI is InChI=1S/C23H18INO5/c24-15-5-3-14(4-6-15)20(27)10-2-13-1-8-17-18(11-13)23(30)25(22(17)29)19-9-7-16(26)12-21(19)28/h1,3-6,8,11,19H,2,7,9-10,12H2. The molecule has 2 aromatic rings. The number of carbonyl (C=O) groups excluding carboxylic acids is 5. The Balaban J connectivity index is 1.49. The molecule has 2 amide bonds. The lowest BCUT2D eigenvalue weighted by Crippen LogP contribution is -2.47. The van der Waals surface area contributed by atoms with E-state index in [4.69, 9.17) is 0 Å². The predicted molar refractivity (Wildman–Crippen MR) is 116 cm³/mol. The lowest BCUT2D eigenvalue weighted by atomic mass is 9.92. The van der Waals surface area contributed by atoms with Gasteiger partial charge in [0.15, 0.2) is 11.6 Å². The van der Waals surface area contributed by atoms with Gasteiger partial charge in [-0.15, -0.1) is 0 Å². The predicted octanol–water partition coefficient (Wildman–Crippen LogP) is 3.39. The molecule has 1 heterocycles. The monoisotopic (exact) mass is 515 g/mol. The van der Waals surface area contributed by atoms with Gasteiger partial charge in [0.25, 0.3) is 11.8 Å². The Morgan fingerprint density at radius 2 is 1.67 bits per heavy atom. The number of imide groups is 1. The Bertz CT molecular complexity index is 1090. The highest BCUT2D eigenvalue weighted by atomic mass is 127. The maximum atomic E-state index is 12.9. The molecular formula is C23H18INO5.